The Labute approximate surface area is 82.2 Å². The van der Waals surface area contributed by atoms with Gasteiger partial charge in [0.05, 0.1) is 12.0 Å². The summed E-state index contributed by atoms with van der Waals surface area (Å²) in [6, 6.07) is 1.70. The molecule has 0 fully saturated rings. The summed E-state index contributed by atoms with van der Waals surface area (Å²) in [6.07, 6.45) is 0. The number of ether oxygens (including phenoxy) is 3. The molecule has 13 heavy (non-hydrogen) atoms. The SMILES string of the molecule is CCOC(C)(OC)Oc1[c]s[c]c1. The molecule has 1 aromatic heterocycles. The predicted molar refractivity (Wildman–Crippen MR) is 49.7 cm³/mol. The van der Waals surface area contributed by atoms with E-state index in [1.54, 1.807) is 13.0 Å². The molecule has 0 aliphatic rings. The highest BCUT2D eigenvalue weighted by Crippen LogP contribution is 2.21. The van der Waals surface area contributed by atoms with Gasteiger partial charge in [-0.3, -0.25) is 0 Å². The Hall–Kier alpha value is -0.580. The first-order valence-electron chi connectivity index (χ1n) is 3.96. The van der Waals surface area contributed by atoms with E-state index in [-0.39, 0.29) is 0 Å². The molecule has 4 heteroatoms. The fraction of sp³-hybridized carbons (Fsp3) is 0.556. The molecule has 0 spiro atoms. The zero-order valence-corrected chi connectivity index (χ0v) is 8.73. The quantitative estimate of drug-likeness (QED) is 0.681. The summed E-state index contributed by atoms with van der Waals surface area (Å²) in [7, 11) is 1.53. The first-order valence-corrected chi connectivity index (χ1v) is 4.77. The number of thiophene rings is 1. The van der Waals surface area contributed by atoms with Crippen molar-refractivity contribution in [2.45, 2.75) is 19.8 Å². The summed E-state index contributed by atoms with van der Waals surface area (Å²) < 4.78 is 15.8. The molecule has 0 aliphatic heterocycles. The van der Waals surface area contributed by atoms with Crippen LogP contribution in [0.5, 0.6) is 5.75 Å². The van der Waals surface area contributed by atoms with Gasteiger partial charge < -0.3 is 14.2 Å². The van der Waals surface area contributed by atoms with E-state index in [1.165, 1.54) is 18.4 Å². The second-order valence-electron chi connectivity index (χ2n) is 2.43. The van der Waals surface area contributed by atoms with Gasteiger partial charge in [0.1, 0.15) is 5.75 Å². The summed E-state index contributed by atoms with van der Waals surface area (Å²) in [6.45, 7) is 4.12. The van der Waals surface area contributed by atoms with Crippen LogP contribution in [0.25, 0.3) is 0 Å². The van der Waals surface area contributed by atoms with Crippen LogP contribution in [0.15, 0.2) is 6.07 Å². The molecule has 1 atom stereocenters. The van der Waals surface area contributed by atoms with Gasteiger partial charge in [0.2, 0.25) is 0 Å². The standard InChI is InChI=1S/C9H12O3S/c1-4-11-9(2,10-3)12-8-5-6-13-7-8/h5H,4H2,1-3H3. The normalized spacial score (nSPS) is 15.3. The van der Waals surface area contributed by atoms with Gasteiger partial charge >= 0.3 is 5.97 Å². The Kier molecular flexibility index (Phi) is 3.71. The molecule has 0 aromatic carbocycles. The Morgan fingerprint density at radius 3 is 2.85 bits per heavy atom. The molecule has 1 aromatic rings. The summed E-state index contributed by atoms with van der Waals surface area (Å²) >= 11 is 1.32. The van der Waals surface area contributed by atoms with Gasteiger partial charge in [-0.05, 0) is 6.92 Å². The molecule has 72 valence electrons. The molecule has 0 saturated carbocycles. The number of hydrogen-bond donors (Lipinski definition) is 0. The minimum Gasteiger partial charge on any atom is -0.438 e. The first kappa shape index (κ1) is 10.5. The average Bonchev–Trinajstić information content (AvgIpc) is 2.57. The van der Waals surface area contributed by atoms with Gasteiger partial charge in [-0.25, -0.2) is 0 Å². The molecular formula is C9H12O3S. The van der Waals surface area contributed by atoms with Gasteiger partial charge in [-0.15, -0.1) is 11.3 Å². The van der Waals surface area contributed by atoms with Crippen LogP contribution in [-0.2, 0) is 9.47 Å². The Bertz CT molecular complexity index is 235. The van der Waals surface area contributed by atoms with Gasteiger partial charge in [-0.2, -0.15) is 0 Å². The van der Waals surface area contributed by atoms with E-state index >= 15 is 0 Å². The predicted octanol–water partition coefficient (Wildman–Crippen LogP) is 2.08. The van der Waals surface area contributed by atoms with E-state index in [1.807, 2.05) is 6.92 Å². The summed E-state index contributed by atoms with van der Waals surface area (Å²) in [5, 5.41) is 5.76. The van der Waals surface area contributed by atoms with Crippen LogP contribution in [0.4, 0.5) is 0 Å². The Morgan fingerprint density at radius 1 is 1.62 bits per heavy atom. The zero-order chi connectivity index (χ0) is 9.73. The van der Waals surface area contributed by atoms with Gasteiger partial charge in [0.15, 0.2) is 0 Å². The van der Waals surface area contributed by atoms with Crippen molar-refractivity contribution in [3.63, 3.8) is 0 Å². The minimum absolute atomic E-state index is 0.526. The highest BCUT2D eigenvalue weighted by Gasteiger charge is 2.26. The monoisotopic (exact) mass is 200 g/mol. The molecular weight excluding hydrogens is 188 g/mol. The second kappa shape index (κ2) is 4.60. The third-order valence-electron chi connectivity index (χ3n) is 1.47. The van der Waals surface area contributed by atoms with Crippen LogP contribution < -0.4 is 4.74 Å². The topological polar surface area (TPSA) is 27.7 Å². The van der Waals surface area contributed by atoms with E-state index in [2.05, 4.69) is 10.8 Å². The third-order valence-corrected chi connectivity index (χ3v) is 2.01. The third kappa shape index (κ3) is 2.99. The maximum absolute atomic E-state index is 5.41. The van der Waals surface area contributed by atoms with Crippen molar-refractivity contribution in [2.75, 3.05) is 13.7 Å². The molecule has 2 radical (unpaired) electrons. The van der Waals surface area contributed by atoms with E-state index in [4.69, 9.17) is 14.2 Å². The van der Waals surface area contributed by atoms with Crippen molar-refractivity contribution >= 4 is 11.3 Å². The van der Waals surface area contributed by atoms with Crippen LogP contribution in [0.1, 0.15) is 13.8 Å². The van der Waals surface area contributed by atoms with E-state index in [9.17, 15) is 0 Å². The first-order chi connectivity index (χ1) is 6.20. The largest absolute Gasteiger partial charge is 0.438 e. The molecule has 0 saturated heterocycles. The van der Waals surface area contributed by atoms with Crippen molar-refractivity contribution in [3.8, 4) is 5.75 Å². The summed E-state index contributed by atoms with van der Waals surface area (Å²) in [4.78, 5) is 0. The highest BCUT2D eigenvalue weighted by atomic mass is 32.1. The van der Waals surface area contributed by atoms with Crippen molar-refractivity contribution in [1.29, 1.82) is 0 Å². The van der Waals surface area contributed by atoms with Gasteiger partial charge in [0, 0.05) is 25.5 Å². The molecule has 1 heterocycles. The highest BCUT2D eigenvalue weighted by molar-refractivity contribution is 7.07. The molecule has 0 aliphatic carbocycles. The van der Waals surface area contributed by atoms with Crippen LogP contribution >= 0.6 is 11.3 Å². The molecule has 3 nitrogen and oxygen atoms in total. The Balaban J connectivity index is 2.58. The second-order valence-corrected chi connectivity index (χ2v) is 3.08. The van der Waals surface area contributed by atoms with Gasteiger partial charge in [0.25, 0.3) is 0 Å². The lowest BCUT2D eigenvalue weighted by molar-refractivity contribution is -0.319. The average molecular weight is 200 g/mol. The molecule has 0 amide bonds. The van der Waals surface area contributed by atoms with Crippen molar-refractivity contribution < 1.29 is 14.2 Å². The van der Waals surface area contributed by atoms with E-state index in [0.717, 1.165) is 0 Å². The maximum atomic E-state index is 5.41. The van der Waals surface area contributed by atoms with Crippen LogP contribution in [0, 0.1) is 10.8 Å². The Morgan fingerprint density at radius 2 is 2.38 bits per heavy atom. The number of methoxy groups -OCH3 is 1. The lowest BCUT2D eigenvalue weighted by Crippen LogP contribution is -2.37. The van der Waals surface area contributed by atoms with Crippen LogP contribution in [-0.4, -0.2) is 19.7 Å². The zero-order valence-electron chi connectivity index (χ0n) is 7.92. The number of rotatable bonds is 5. The summed E-state index contributed by atoms with van der Waals surface area (Å²) in [5.74, 6) is -0.442. The van der Waals surface area contributed by atoms with E-state index in [0.29, 0.717) is 12.4 Å². The molecule has 0 N–H and O–H groups in total. The van der Waals surface area contributed by atoms with Crippen molar-refractivity contribution in [2.24, 2.45) is 0 Å². The van der Waals surface area contributed by atoms with Crippen LogP contribution in [0.3, 0.4) is 0 Å². The van der Waals surface area contributed by atoms with Crippen molar-refractivity contribution in [1.82, 2.24) is 0 Å². The maximum Gasteiger partial charge on any atom is 0.323 e. The smallest absolute Gasteiger partial charge is 0.323 e. The van der Waals surface area contributed by atoms with Crippen molar-refractivity contribution in [3.05, 3.63) is 16.8 Å². The fourth-order valence-corrected chi connectivity index (χ4v) is 1.26. The molecule has 0 bridgehead atoms. The molecule has 1 rings (SSSR count). The van der Waals surface area contributed by atoms with Gasteiger partial charge in [-0.1, -0.05) is 0 Å². The fourth-order valence-electron chi connectivity index (χ4n) is 0.834. The summed E-state index contributed by atoms with van der Waals surface area (Å²) in [5.41, 5.74) is 0. The van der Waals surface area contributed by atoms with E-state index < -0.39 is 5.97 Å². The lowest BCUT2D eigenvalue weighted by atomic mass is 10.5. The molecule has 1 unspecified atom stereocenters. The lowest BCUT2D eigenvalue weighted by Gasteiger charge is -2.27. The number of hydrogen-bond acceptors (Lipinski definition) is 4. The minimum atomic E-state index is -1.03. The van der Waals surface area contributed by atoms with Crippen LogP contribution in [0.2, 0.25) is 0 Å².